The molecule has 6 aromatic rings. The van der Waals surface area contributed by atoms with Crippen LogP contribution in [0.15, 0.2) is 109 Å². The Morgan fingerprint density at radius 2 is 1.00 bits per heavy atom. The zero-order chi connectivity index (χ0) is 40.6. The minimum atomic E-state index is -0.892. The summed E-state index contributed by atoms with van der Waals surface area (Å²) in [6, 6.07) is 33.2. The molecule has 2 aliphatic rings. The van der Waals surface area contributed by atoms with Gasteiger partial charge < -0.3 is 9.97 Å². The highest BCUT2D eigenvalue weighted by molar-refractivity contribution is 5.77. The number of nitrogens with one attached hydrogen (secondary N) is 2. The number of nitrogens with zero attached hydrogens (tertiary/aromatic N) is 6. The van der Waals surface area contributed by atoms with Crippen molar-refractivity contribution in [2.24, 2.45) is 0 Å². The number of likely N-dealkylation sites (N-methyl/N-ethyl adjacent to an activating group) is 2. The van der Waals surface area contributed by atoms with Crippen LogP contribution >= 0.6 is 0 Å². The fraction of sp³-hybridized carbons (Fsp3) is 0.333. The molecule has 2 N–H and O–H groups in total. The molecule has 10 heteroatoms. The lowest BCUT2D eigenvalue weighted by Crippen LogP contribution is -2.56. The minimum Gasteiger partial charge on any atom is -0.341 e. The van der Waals surface area contributed by atoms with Gasteiger partial charge in [0.1, 0.15) is 11.6 Å². The molecule has 4 heterocycles. The molecule has 0 radical (unpaired) electrons. The summed E-state index contributed by atoms with van der Waals surface area (Å²) in [5, 5.41) is 0. The van der Waals surface area contributed by atoms with Crippen LogP contribution in [0.1, 0.15) is 71.7 Å². The van der Waals surface area contributed by atoms with E-state index in [0.717, 1.165) is 96.6 Å². The topological polar surface area (TPSA) is 104 Å². The van der Waals surface area contributed by atoms with Crippen LogP contribution in [0.2, 0.25) is 0 Å². The Morgan fingerprint density at radius 1 is 0.603 bits per heavy atom. The molecular weight excluding hydrogens is 721 g/mol. The van der Waals surface area contributed by atoms with Crippen molar-refractivity contribution in [3.05, 3.63) is 143 Å². The zero-order valence-electron chi connectivity index (χ0n) is 34.4. The first-order chi connectivity index (χ1) is 28.1. The first-order valence-corrected chi connectivity index (χ1v) is 20.4. The molecule has 2 aromatic heterocycles. The molecule has 0 saturated carbocycles. The van der Waals surface area contributed by atoms with E-state index in [0.29, 0.717) is 0 Å². The average molecular weight is 775 g/mol. The number of aromatic amines is 2. The summed E-state index contributed by atoms with van der Waals surface area (Å²) in [7, 11) is 7.89. The molecule has 2 saturated heterocycles. The summed E-state index contributed by atoms with van der Waals surface area (Å²) in [4.78, 5) is 51.7. The molecule has 298 valence electrons. The fourth-order valence-electron chi connectivity index (χ4n) is 9.70. The summed E-state index contributed by atoms with van der Waals surface area (Å²) in [5.74, 6) is 1.76. The summed E-state index contributed by atoms with van der Waals surface area (Å²) in [6.45, 7) is 5.92. The molecule has 0 spiro atoms. The number of hydrogen-bond donors (Lipinski definition) is 2. The van der Waals surface area contributed by atoms with Crippen LogP contribution in [0.5, 0.6) is 0 Å². The molecule has 2 unspecified atom stereocenters. The zero-order valence-corrected chi connectivity index (χ0v) is 34.4. The molecule has 2 aliphatic heterocycles. The average Bonchev–Trinajstić information content (AvgIpc) is 4.08. The highest BCUT2D eigenvalue weighted by atomic mass is 16.1. The van der Waals surface area contributed by atoms with Gasteiger partial charge in [0, 0.05) is 13.1 Å². The lowest BCUT2D eigenvalue weighted by molar-refractivity contribution is -0.134. The van der Waals surface area contributed by atoms with E-state index >= 15 is 0 Å². The summed E-state index contributed by atoms with van der Waals surface area (Å²) >= 11 is 0. The van der Waals surface area contributed by atoms with E-state index in [1.165, 1.54) is 22.3 Å². The van der Waals surface area contributed by atoms with Gasteiger partial charge in [0.05, 0.1) is 35.9 Å². The number of imidazole rings is 2. The highest BCUT2D eigenvalue weighted by Crippen LogP contribution is 2.44. The third-order valence-corrected chi connectivity index (χ3v) is 12.7. The largest absolute Gasteiger partial charge is 0.341 e. The maximum Gasteiger partial charge on any atom is 0.159 e. The number of H-pyrrole nitrogens is 2. The SMILES string of the molecule is Cc1cc(-c2cnc([C@@H]3CCCN3C(C=O)(c3ccccc3)N(C)C)[nH]2)ccc1-c1ccc(-c2cnc([C@@H]3CCCN3C(C=O)(c3ccccc3)N(C)C)[nH]2)cc1C. The van der Waals surface area contributed by atoms with E-state index in [1.54, 1.807) is 0 Å². The number of carbonyl (C=O) groups is 2. The van der Waals surface area contributed by atoms with E-state index in [2.05, 4.69) is 70.0 Å². The number of carbonyl (C=O) groups excluding carboxylic acids is 2. The molecule has 0 aliphatic carbocycles. The van der Waals surface area contributed by atoms with Gasteiger partial charge in [-0.2, -0.15) is 0 Å². The summed E-state index contributed by atoms with van der Waals surface area (Å²) in [5.41, 5.74) is 8.90. The Hall–Kier alpha value is -5.52. The first kappa shape index (κ1) is 39.3. The second-order valence-corrected chi connectivity index (χ2v) is 16.3. The molecular formula is C48H54N8O2. The Labute approximate surface area is 341 Å². The van der Waals surface area contributed by atoms with E-state index in [-0.39, 0.29) is 12.1 Å². The van der Waals surface area contributed by atoms with Crippen molar-refractivity contribution >= 4 is 12.6 Å². The predicted octanol–water partition coefficient (Wildman–Crippen LogP) is 8.25. The second-order valence-electron chi connectivity index (χ2n) is 16.3. The second kappa shape index (κ2) is 16.0. The van der Waals surface area contributed by atoms with Gasteiger partial charge in [0.25, 0.3) is 0 Å². The third-order valence-electron chi connectivity index (χ3n) is 12.7. The van der Waals surface area contributed by atoms with Crippen molar-refractivity contribution < 1.29 is 9.59 Å². The Kier molecular flexibility index (Phi) is 10.9. The van der Waals surface area contributed by atoms with Gasteiger partial charge in [-0.1, -0.05) is 84.9 Å². The van der Waals surface area contributed by atoms with Crippen LogP contribution in [0.4, 0.5) is 0 Å². The molecule has 0 amide bonds. The molecule has 8 rings (SSSR count). The van der Waals surface area contributed by atoms with Crippen LogP contribution in [-0.2, 0) is 20.9 Å². The van der Waals surface area contributed by atoms with Gasteiger partial charge >= 0.3 is 0 Å². The van der Waals surface area contributed by atoms with Crippen LogP contribution in [-0.4, -0.2) is 93.4 Å². The Bertz CT molecular complexity index is 2220. The molecule has 4 atom stereocenters. The number of likely N-dealkylation sites (tertiary alicyclic amines) is 2. The molecule has 0 bridgehead atoms. The molecule has 4 aromatic carbocycles. The monoisotopic (exact) mass is 774 g/mol. The van der Waals surface area contributed by atoms with E-state index < -0.39 is 11.3 Å². The van der Waals surface area contributed by atoms with Gasteiger partial charge in [-0.25, -0.2) is 9.97 Å². The number of aldehydes is 2. The normalized spacial score (nSPS) is 19.7. The maximum atomic E-state index is 13.0. The number of rotatable bonds is 13. The first-order valence-electron chi connectivity index (χ1n) is 20.4. The van der Waals surface area contributed by atoms with Crippen molar-refractivity contribution in [1.82, 2.24) is 39.5 Å². The Balaban J connectivity index is 1.02. The van der Waals surface area contributed by atoms with Gasteiger partial charge in [-0.3, -0.25) is 29.2 Å². The molecule has 10 nitrogen and oxygen atoms in total. The van der Waals surface area contributed by atoms with Crippen molar-refractivity contribution in [3.63, 3.8) is 0 Å². The van der Waals surface area contributed by atoms with Crippen molar-refractivity contribution in [2.45, 2.75) is 62.9 Å². The standard InChI is InChI=1S/C48H54N8O2/c1-33-27-35(41-29-49-45(51-41)43-19-13-25-55(43)47(31-57,53(3)4)37-15-9-7-10-16-37)21-23-39(33)40-24-22-36(28-34(40)2)42-30-50-46(52-42)44-20-14-26-56(44)48(32-58,54(5)6)38-17-11-8-12-18-38/h7-12,15-18,21-24,27-32,43-44H,13-14,19-20,25-26H2,1-6H3,(H,49,51)(H,50,52)/t43-,44-,47?,48?/m0/s1. The van der Waals surface area contributed by atoms with Gasteiger partial charge in [-0.15, -0.1) is 0 Å². The Morgan fingerprint density at radius 3 is 1.34 bits per heavy atom. The summed E-state index contributed by atoms with van der Waals surface area (Å²) < 4.78 is 0. The number of benzene rings is 4. The minimum absolute atomic E-state index is 0.0247. The predicted molar refractivity (Wildman–Crippen MR) is 230 cm³/mol. The fourth-order valence-corrected chi connectivity index (χ4v) is 9.70. The summed E-state index contributed by atoms with van der Waals surface area (Å²) in [6.07, 6.45) is 9.80. The van der Waals surface area contributed by atoms with E-state index in [1.807, 2.05) is 111 Å². The van der Waals surface area contributed by atoms with Gasteiger partial charge in [-0.05, 0) is 124 Å². The van der Waals surface area contributed by atoms with Gasteiger partial charge in [0.2, 0.25) is 0 Å². The maximum absolute atomic E-state index is 13.0. The van der Waals surface area contributed by atoms with E-state index in [9.17, 15) is 9.59 Å². The van der Waals surface area contributed by atoms with Crippen LogP contribution < -0.4 is 0 Å². The van der Waals surface area contributed by atoms with Crippen LogP contribution in [0.3, 0.4) is 0 Å². The third kappa shape index (κ3) is 6.63. The highest BCUT2D eigenvalue weighted by Gasteiger charge is 2.48. The smallest absolute Gasteiger partial charge is 0.159 e. The van der Waals surface area contributed by atoms with Crippen molar-refractivity contribution in [1.29, 1.82) is 0 Å². The van der Waals surface area contributed by atoms with Crippen LogP contribution in [0, 0.1) is 13.8 Å². The molecule has 2 fully saturated rings. The van der Waals surface area contributed by atoms with Crippen molar-refractivity contribution in [3.8, 4) is 33.6 Å². The van der Waals surface area contributed by atoms with Crippen LogP contribution in [0.25, 0.3) is 33.6 Å². The van der Waals surface area contributed by atoms with Crippen molar-refractivity contribution in [2.75, 3.05) is 41.3 Å². The number of hydrogen-bond acceptors (Lipinski definition) is 8. The quantitative estimate of drug-likeness (QED) is 0.113. The van der Waals surface area contributed by atoms with Gasteiger partial charge in [0.15, 0.2) is 23.9 Å². The lowest BCUT2D eigenvalue weighted by Gasteiger charge is -2.45. The number of aromatic nitrogens is 4. The lowest BCUT2D eigenvalue weighted by atomic mass is 9.93. The van der Waals surface area contributed by atoms with E-state index in [4.69, 9.17) is 9.97 Å². The molecule has 58 heavy (non-hydrogen) atoms. The number of aryl methyl sites for hydroxylation is 2.